The van der Waals surface area contributed by atoms with E-state index in [1.54, 1.807) is 0 Å². The van der Waals surface area contributed by atoms with Crippen LogP contribution in [0, 0.1) is 5.92 Å². The standard InChI is InChI=1S/C15H27NO2/c17-14(12-5-2-1-3-6-12)11-16-9-10-18-15-8-4-7-13(15)16/h12-15,17H,1-11H2. The number of hydrogen-bond donors (Lipinski definition) is 1. The van der Waals surface area contributed by atoms with Crippen LogP contribution >= 0.6 is 0 Å². The van der Waals surface area contributed by atoms with E-state index < -0.39 is 0 Å². The first kappa shape index (κ1) is 12.9. The molecule has 3 atom stereocenters. The van der Waals surface area contributed by atoms with Crippen LogP contribution < -0.4 is 0 Å². The molecule has 3 rings (SSSR count). The van der Waals surface area contributed by atoms with Crippen LogP contribution in [0.4, 0.5) is 0 Å². The first-order chi connectivity index (χ1) is 8.84. The number of β-amino-alcohol motifs (C(OH)–C–C–N with tert-alkyl or cyclic N) is 1. The highest BCUT2D eigenvalue weighted by molar-refractivity contribution is 4.91. The number of nitrogens with zero attached hydrogens (tertiary/aromatic N) is 1. The summed E-state index contributed by atoms with van der Waals surface area (Å²) in [7, 11) is 0. The van der Waals surface area contributed by atoms with Crippen LogP contribution in [0.1, 0.15) is 51.4 Å². The summed E-state index contributed by atoms with van der Waals surface area (Å²) >= 11 is 0. The maximum absolute atomic E-state index is 10.5. The molecule has 0 spiro atoms. The zero-order chi connectivity index (χ0) is 12.4. The number of aliphatic hydroxyl groups excluding tert-OH is 1. The first-order valence-corrected chi connectivity index (χ1v) is 7.88. The second-order valence-electron chi connectivity index (χ2n) is 6.37. The molecule has 1 saturated heterocycles. The van der Waals surface area contributed by atoms with Crippen LogP contribution in [0.2, 0.25) is 0 Å². The van der Waals surface area contributed by atoms with Gasteiger partial charge in [0.15, 0.2) is 0 Å². The molecule has 3 heteroatoms. The second kappa shape index (κ2) is 5.89. The second-order valence-corrected chi connectivity index (χ2v) is 6.37. The normalized spacial score (nSPS) is 36.5. The fraction of sp³-hybridized carbons (Fsp3) is 1.00. The highest BCUT2D eigenvalue weighted by atomic mass is 16.5. The van der Waals surface area contributed by atoms with Crippen molar-refractivity contribution in [2.24, 2.45) is 5.92 Å². The van der Waals surface area contributed by atoms with E-state index in [0.717, 1.165) is 19.7 Å². The van der Waals surface area contributed by atoms with Crippen molar-refractivity contribution >= 4 is 0 Å². The smallest absolute Gasteiger partial charge is 0.0730 e. The van der Waals surface area contributed by atoms with Crippen LogP contribution in [0.15, 0.2) is 0 Å². The minimum absolute atomic E-state index is 0.107. The van der Waals surface area contributed by atoms with E-state index in [-0.39, 0.29) is 6.10 Å². The van der Waals surface area contributed by atoms with Crippen LogP contribution in [-0.4, -0.2) is 48.0 Å². The Morgan fingerprint density at radius 3 is 2.72 bits per heavy atom. The highest BCUT2D eigenvalue weighted by Crippen LogP contribution is 2.32. The van der Waals surface area contributed by atoms with Crippen LogP contribution in [0.25, 0.3) is 0 Å². The Balaban J connectivity index is 1.54. The fourth-order valence-electron chi connectivity index (χ4n) is 4.14. The minimum atomic E-state index is -0.107. The van der Waals surface area contributed by atoms with Gasteiger partial charge in [-0.2, -0.15) is 0 Å². The van der Waals surface area contributed by atoms with Gasteiger partial charge in [0.05, 0.1) is 18.8 Å². The summed E-state index contributed by atoms with van der Waals surface area (Å²) in [5.41, 5.74) is 0. The molecule has 2 saturated carbocycles. The van der Waals surface area contributed by atoms with E-state index in [0.29, 0.717) is 18.1 Å². The third-order valence-electron chi connectivity index (χ3n) is 5.21. The summed E-state index contributed by atoms with van der Waals surface area (Å²) in [5, 5.41) is 10.5. The number of aliphatic hydroxyl groups is 1. The molecule has 0 aromatic rings. The van der Waals surface area contributed by atoms with Gasteiger partial charge in [0.25, 0.3) is 0 Å². The molecule has 18 heavy (non-hydrogen) atoms. The molecular formula is C15H27NO2. The van der Waals surface area contributed by atoms with Gasteiger partial charge in [-0.15, -0.1) is 0 Å². The van der Waals surface area contributed by atoms with Gasteiger partial charge < -0.3 is 9.84 Å². The number of rotatable bonds is 3. The van der Waals surface area contributed by atoms with Gasteiger partial charge >= 0.3 is 0 Å². The quantitative estimate of drug-likeness (QED) is 0.837. The maximum atomic E-state index is 10.5. The average Bonchev–Trinajstić information content (AvgIpc) is 2.89. The van der Waals surface area contributed by atoms with E-state index in [2.05, 4.69) is 4.90 Å². The van der Waals surface area contributed by atoms with Gasteiger partial charge in [-0.3, -0.25) is 4.90 Å². The average molecular weight is 253 g/mol. The molecular weight excluding hydrogens is 226 g/mol. The van der Waals surface area contributed by atoms with Crippen LogP contribution in [0.3, 0.4) is 0 Å². The van der Waals surface area contributed by atoms with E-state index in [1.807, 2.05) is 0 Å². The Morgan fingerprint density at radius 2 is 1.89 bits per heavy atom. The number of fused-ring (bicyclic) bond motifs is 1. The number of ether oxygens (including phenoxy) is 1. The molecule has 0 aromatic heterocycles. The summed E-state index contributed by atoms with van der Waals surface area (Å²) in [6.45, 7) is 2.76. The van der Waals surface area contributed by atoms with E-state index in [1.165, 1.54) is 51.4 Å². The lowest BCUT2D eigenvalue weighted by atomic mass is 9.85. The van der Waals surface area contributed by atoms with Crippen molar-refractivity contribution in [3.05, 3.63) is 0 Å². The number of morpholine rings is 1. The zero-order valence-corrected chi connectivity index (χ0v) is 11.4. The first-order valence-electron chi connectivity index (χ1n) is 7.88. The molecule has 104 valence electrons. The Bertz CT molecular complexity index is 265. The molecule has 0 radical (unpaired) electrons. The molecule has 1 N–H and O–H groups in total. The van der Waals surface area contributed by atoms with E-state index in [9.17, 15) is 5.11 Å². The van der Waals surface area contributed by atoms with Gasteiger partial charge in [-0.25, -0.2) is 0 Å². The molecule has 1 heterocycles. The molecule has 0 amide bonds. The maximum Gasteiger partial charge on any atom is 0.0730 e. The van der Waals surface area contributed by atoms with Crippen molar-refractivity contribution < 1.29 is 9.84 Å². The lowest BCUT2D eigenvalue weighted by Crippen LogP contribution is -2.51. The third kappa shape index (κ3) is 2.73. The SMILES string of the molecule is OC(CN1CCOC2CCCC21)C1CCCCC1. The highest BCUT2D eigenvalue weighted by Gasteiger charge is 2.37. The Kier molecular flexibility index (Phi) is 4.22. The summed E-state index contributed by atoms with van der Waals surface area (Å²) in [6.07, 6.45) is 10.6. The van der Waals surface area contributed by atoms with Gasteiger partial charge in [0, 0.05) is 19.1 Å². The lowest BCUT2D eigenvalue weighted by Gasteiger charge is -2.40. The van der Waals surface area contributed by atoms with E-state index in [4.69, 9.17) is 4.74 Å². The van der Waals surface area contributed by atoms with Crippen molar-refractivity contribution in [1.82, 2.24) is 4.90 Å². The molecule has 2 aliphatic carbocycles. The Labute approximate surface area is 110 Å². The third-order valence-corrected chi connectivity index (χ3v) is 5.21. The summed E-state index contributed by atoms with van der Waals surface area (Å²) in [4.78, 5) is 2.51. The lowest BCUT2D eigenvalue weighted by molar-refractivity contribution is -0.0740. The molecule has 0 aromatic carbocycles. The minimum Gasteiger partial charge on any atom is -0.392 e. The van der Waals surface area contributed by atoms with Gasteiger partial charge in [-0.05, 0) is 38.0 Å². The van der Waals surface area contributed by atoms with Crippen molar-refractivity contribution in [1.29, 1.82) is 0 Å². The van der Waals surface area contributed by atoms with Crippen LogP contribution in [0.5, 0.6) is 0 Å². The van der Waals surface area contributed by atoms with E-state index >= 15 is 0 Å². The van der Waals surface area contributed by atoms with Gasteiger partial charge in [0.1, 0.15) is 0 Å². The fourth-order valence-corrected chi connectivity index (χ4v) is 4.14. The number of hydrogen-bond acceptors (Lipinski definition) is 3. The molecule has 3 aliphatic rings. The molecule has 1 aliphatic heterocycles. The summed E-state index contributed by atoms with van der Waals surface area (Å²) in [6, 6.07) is 0.594. The molecule has 0 bridgehead atoms. The Morgan fingerprint density at radius 1 is 1.06 bits per heavy atom. The van der Waals surface area contributed by atoms with Crippen molar-refractivity contribution in [3.63, 3.8) is 0 Å². The van der Waals surface area contributed by atoms with Gasteiger partial charge in [0.2, 0.25) is 0 Å². The predicted molar refractivity (Wildman–Crippen MR) is 71.5 cm³/mol. The molecule has 3 nitrogen and oxygen atoms in total. The summed E-state index contributed by atoms with van der Waals surface area (Å²) in [5.74, 6) is 0.557. The topological polar surface area (TPSA) is 32.7 Å². The van der Waals surface area contributed by atoms with Crippen LogP contribution in [-0.2, 0) is 4.74 Å². The van der Waals surface area contributed by atoms with Crippen molar-refractivity contribution in [3.8, 4) is 0 Å². The molecule has 3 unspecified atom stereocenters. The largest absolute Gasteiger partial charge is 0.392 e. The van der Waals surface area contributed by atoms with Gasteiger partial charge in [-0.1, -0.05) is 19.3 Å². The van der Waals surface area contributed by atoms with Crippen molar-refractivity contribution in [2.45, 2.75) is 69.6 Å². The molecule has 3 fully saturated rings. The summed E-state index contributed by atoms with van der Waals surface area (Å²) < 4.78 is 5.84. The van der Waals surface area contributed by atoms with Crippen molar-refractivity contribution in [2.75, 3.05) is 19.7 Å². The Hall–Kier alpha value is -0.120. The zero-order valence-electron chi connectivity index (χ0n) is 11.4. The monoisotopic (exact) mass is 253 g/mol. The predicted octanol–water partition coefficient (Wildman–Crippen LogP) is 2.18.